The molecule has 0 aliphatic rings. The van der Waals surface area contributed by atoms with E-state index in [9.17, 15) is 10.1 Å². The van der Waals surface area contributed by atoms with E-state index < -0.39 is 12.3 Å². The molecule has 0 unspecified atom stereocenters. The van der Waals surface area contributed by atoms with Gasteiger partial charge in [0.25, 0.3) is 0 Å². The van der Waals surface area contributed by atoms with Crippen LogP contribution in [0.25, 0.3) is 0 Å². The van der Waals surface area contributed by atoms with E-state index in [4.69, 9.17) is 4.74 Å². The lowest BCUT2D eigenvalue weighted by Crippen LogP contribution is -2.22. The molecule has 0 atom stereocenters. The van der Waals surface area contributed by atoms with Crippen molar-refractivity contribution in [1.29, 1.82) is 0 Å². The van der Waals surface area contributed by atoms with Gasteiger partial charge in [0.1, 0.15) is 6.10 Å². The molecule has 6 heteroatoms. The van der Waals surface area contributed by atoms with Crippen molar-refractivity contribution in [1.82, 2.24) is 0 Å². The molecule has 14 heavy (non-hydrogen) atoms. The van der Waals surface area contributed by atoms with Crippen LogP contribution in [0.3, 0.4) is 0 Å². The Labute approximate surface area is 82.0 Å². The van der Waals surface area contributed by atoms with Crippen molar-refractivity contribution in [3.8, 4) is 0 Å². The van der Waals surface area contributed by atoms with E-state index in [-0.39, 0.29) is 12.2 Å². The summed E-state index contributed by atoms with van der Waals surface area (Å²) in [6.07, 6.45) is -2.46. The minimum atomic E-state index is -1.04. The molecule has 0 radical (unpaired) electrons. The van der Waals surface area contributed by atoms with E-state index in [0.717, 1.165) is 0 Å². The Kier molecular flexibility index (Phi) is 5.43. The van der Waals surface area contributed by atoms with Crippen LogP contribution in [-0.4, -0.2) is 24.5 Å². The van der Waals surface area contributed by atoms with Crippen molar-refractivity contribution < 1.29 is 28.8 Å². The van der Waals surface area contributed by atoms with Crippen molar-refractivity contribution in [3.05, 3.63) is 0 Å². The molecule has 0 saturated carbocycles. The summed E-state index contributed by atoms with van der Waals surface area (Å²) in [5.74, 6) is 0. The number of ether oxygens (including phenoxy) is 3. The number of hydrogen-bond donors (Lipinski definition) is 0. The predicted molar refractivity (Wildman–Crippen MR) is 44.3 cm³/mol. The first-order chi connectivity index (χ1) is 6.45. The minimum Gasteiger partial charge on any atom is -0.628 e. The molecule has 0 rings (SSSR count). The molecule has 0 aliphatic heterocycles. The van der Waals surface area contributed by atoms with E-state index >= 15 is 0 Å². The maximum absolute atomic E-state index is 10.8. The standard InChI is InChI=1S/C8H14O6/c1-5(2)11-7(9)13-8(14-10)12-6(3)4/h5-6H,1-4H3. The van der Waals surface area contributed by atoms with Gasteiger partial charge in [-0.15, -0.1) is 0 Å². The molecule has 0 aromatic carbocycles. The third-order valence-electron chi connectivity index (χ3n) is 0.899. The molecular weight excluding hydrogens is 192 g/mol. The van der Waals surface area contributed by atoms with Crippen molar-refractivity contribution in [2.75, 3.05) is 0 Å². The SMILES string of the molecule is CC(C)OC(=O)OC(OC(C)C)=[O+][O-]. The van der Waals surface area contributed by atoms with Crippen molar-refractivity contribution in [2.24, 2.45) is 0 Å². The lowest BCUT2D eigenvalue weighted by molar-refractivity contribution is -0.869. The normalized spacial score (nSPS) is 11.7. The van der Waals surface area contributed by atoms with Crippen LogP contribution < -0.4 is 5.26 Å². The van der Waals surface area contributed by atoms with Gasteiger partial charge in [0, 0.05) is 0 Å². The third-order valence-corrected chi connectivity index (χ3v) is 0.899. The summed E-state index contributed by atoms with van der Waals surface area (Å²) in [4.78, 5) is 10.8. The van der Waals surface area contributed by atoms with E-state index in [2.05, 4.69) is 14.0 Å². The van der Waals surface area contributed by atoms with Crippen LogP contribution in [0.15, 0.2) is 0 Å². The largest absolute Gasteiger partial charge is 0.735 e. The Morgan fingerprint density at radius 2 is 1.64 bits per heavy atom. The van der Waals surface area contributed by atoms with Gasteiger partial charge in [-0.2, -0.15) is 4.79 Å². The summed E-state index contributed by atoms with van der Waals surface area (Å²) in [6, 6.07) is 0. The molecular formula is C8H14O6. The first-order valence-electron chi connectivity index (χ1n) is 4.17. The second kappa shape index (κ2) is 6.06. The number of rotatable bonds is 2. The van der Waals surface area contributed by atoms with Crippen LogP contribution in [0.2, 0.25) is 0 Å². The molecule has 0 N–H and O–H groups in total. The summed E-state index contributed by atoms with van der Waals surface area (Å²) in [5, 5.41) is 9.99. The summed E-state index contributed by atoms with van der Waals surface area (Å²) in [5.41, 5.74) is 0. The third kappa shape index (κ3) is 6.10. The highest BCUT2D eigenvalue weighted by atomic mass is 17.1. The van der Waals surface area contributed by atoms with Gasteiger partial charge in [0.05, 0.1) is 0 Å². The number of carbonyl (C=O) groups is 1. The zero-order valence-electron chi connectivity index (χ0n) is 8.60. The maximum Gasteiger partial charge on any atom is 0.735 e. The summed E-state index contributed by atoms with van der Waals surface area (Å²) in [7, 11) is 0. The van der Waals surface area contributed by atoms with Gasteiger partial charge in [-0.1, -0.05) is 0 Å². The van der Waals surface area contributed by atoms with Crippen LogP contribution in [0, 0.1) is 0 Å². The lowest BCUT2D eigenvalue weighted by Gasteiger charge is -2.03. The molecule has 0 heterocycles. The molecule has 0 bridgehead atoms. The fourth-order valence-corrected chi connectivity index (χ4v) is 0.538. The fraction of sp³-hybridized carbons (Fsp3) is 0.750. The highest BCUT2D eigenvalue weighted by Gasteiger charge is 2.27. The molecule has 0 fully saturated rings. The monoisotopic (exact) mass is 206 g/mol. The molecule has 0 aromatic heterocycles. The van der Waals surface area contributed by atoms with Gasteiger partial charge < -0.3 is 14.7 Å². The van der Waals surface area contributed by atoms with Crippen LogP contribution in [0.5, 0.6) is 0 Å². The maximum atomic E-state index is 10.8. The van der Waals surface area contributed by atoms with Crippen LogP contribution in [-0.2, 0) is 14.2 Å². The minimum absolute atomic E-state index is 0.328. The van der Waals surface area contributed by atoms with Gasteiger partial charge in [0.2, 0.25) is 0 Å². The van der Waals surface area contributed by atoms with Gasteiger partial charge >= 0.3 is 12.3 Å². The van der Waals surface area contributed by atoms with Gasteiger partial charge in [-0.05, 0) is 27.7 Å². The van der Waals surface area contributed by atoms with Gasteiger partial charge in [-0.25, -0.2) is 4.74 Å². The molecule has 0 aliphatic carbocycles. The quantitative estimate of drug-likeness (QED) is 0.220. The summed E-state index contributed by atoms with van der Waals surface area (Å²) < 4.78 is 17.0. The Bertz CT molecular complexity index is 208. The van der Waals surface area contributed by atoms with E-state index in [1.54, 1.807) is 27.7 Å². The van der Waals surface area contributed by atoms with Crippen molar-refractivity contribution in [2.45, 2.75) is 39.9 Å². The van der Waals surface area contributed by atoms with Crippen LogP contribution in [0.1, 0.15) is 27.7 Å². The van der Waals surface area contributed by atoms with E-state index in [0.29, 0.717) is 0 Å². The second-order valence-corrected chi connectivity index (χ2v) is 3.02. The highest BCUT2D eigenvalue weighted by molar-refractivity contribution is 5.77. The molecule has 0 saturated heterocycles. The molecule has 0 spiro atoms. The fourth-order valence-electron chi connectivity index (χ4n) is 0.538. The lowest BCUT2D eigenvalue weighted by atomic mass is 10.5. The second-order valence-electron chi connectivity index (χ2n) is 3.02. The molecule has 82 valence electrons. The topological polar surface area (TPSA) is 79.1 Å². The molecule has 6 nitrogen and oxygen atoms in total. The van der Waals surface area contributed by atoms with E-state index in [1.807, 2.05) is 0 Å². The van der Waals surface area contributed by atoms with Crippen LogP contribution >= 0.6 is 0 Å². The summed E-state index contributed by atoms with van der Waals surface area (Å²) >= 11 is 0. The average Bonchev–Trinajstić information content (AvgIpc) is 2.00. The van der Waals surface area contributed by atoms with E-state index in [1.165, 1.54) is 0 Å². The zero-order chi connectivity index (χ0) is 11.1. The Hall–Kier alpha value is -1.46. The number of hydrogen-bond acceptors (Lipinski definition) is 5. The Morgan fingerprint density at radius 3 is 2.00 bits per heavy atom. The first-order valence-corrected chi connectivity index (χ1v) is 4.17. The van der Waals surface area contributed by atoms with Crippen molar-refractivity contribution in [3.63, 3.8) is 0 Å². The van der Waals surface area contributed by atoms with Crippen LogP contribution in [0.4, 0.5) is 9.37 Å². The smallest absolute Gasteiger partial charge is 0.628 e. The molecule has 0 amide bonds. The van der Waals surface area contributed by atoms with Crippen molar-refractivity contribution >= 4 is 12.3 Å². The Balaban J connectivity index is 4.00. The molecule has 0 aromatic rings. The first kappa shape index (κ1) is 12.5. The van der Waals surface area contributed by atoms with Gasteiger partial charge in [-0.3, -0.25) is 4.58 Å². The number of carbonyl (C=O) groups excluding carboxylic acids is 2. The zero-order valence-corrected chi connectivity index (χ0v) is 8.60. The Morgan fingerprint density at radius 1 is 1.14 bits per heavy atom. The van der Waals surface area contributed by atoms with Gasteiger partial charge in [0.15, 0.2) is 6.10 Å². The predicted octanol–water partition coefficient (Wildman–Crippen LogP) is 0.904. The highest BCUT2D eigenvalue weighted by Crippen LogP contribution is 1.98. The average molecular weight is 206 g/mol. The summed E-state index contributed by atoms with van der Waals surface area (Å²) in [6.45, 7) is 6.58.